The third kappa shape index (κ3) is 1.73. The topological polar surface area (TPSA) is 22.0 Å². The molecule has 0 saturated carbocycles. The molecule has 0 aliphatic rings. The van der Waals surface area contributed by atoms with Crippen molar-refractivity contribution >= 4 is 7.41 Å². The average Bonchev–Trinajstić information content (AvgIpc) is 2.04. The van der Waals surface area contributed by atoms with E-state index in [-0.39, 0.29) is 5.56 Å². The zero-order valence-corrected chi connectivity index (χ0v) is 7.00. The summed E-state index contributed by atoms with van der Waals surface area (Å²) in [6, 6.07) is 3.69. The van der Waals surface area contributed by atoms with Crippen molar-refractivity contribution in [3.63, 3.8) is 0 Å². The van der Waals surface area contributed by atoms with E-state index in [4.69, 9.17) is 0 Å². The third-order valence-electron chi connectivity index (χ3n) is 1.81. The third-order valence-corrected chi connectivity index (χ3v) is 1.81. The average molecular weight is 149 g/mol. The van der Waals surface area contributed by atoms with Crippen LogP contribution in [0.4, 0.5) is 0 Å². The number of hydrogen-bond donors (Lipinski definition) is 0. The van der Waals surface area contributed by atoms with E-state index in [1.807, 2.05) is 26.0 Å². The molecule has 1 heterocycles. The van der Waals surface area contributed by atoms with Gasteiger partial charge in [0.2, 0.25) is 13.0 Å². The van der Waals surface area contributed by atoms with Gasteiger partial charge in [-0.1, -0.05) is 13.7 Å². The lowest BCUT2D eigenvalue weighted by Crippen LogP contribution is -2.21. The molecule has 58 valence electrons. The molecule has 0 aliphatic carbocycles. The molecular weight excluding hydrogens is 137 g/mol. The van der Waals surface area contributed by atoms with Gasteiger partial charge in [-0.05, 0) is 24.2 Å². The van der Waals surface area contributed by atoms with Crippen molar-refractivity contribution in [2.75, 3.05) is 0 Å². The molecule has 0 bridgehead atoms. The van der Waals surface area contributed by atoms with Gasteiger partial charge in [0.05, 0.1) is 0 Å². The van der Waals surface area contributed by atoms with Crippen LogP contribution in [0.5, 0.6) is 0 Å². The van der Waals surface area contributed by atoms with Crippen LogP contribution in [-0.2, 0) is 6.42 Å². The van der Waals surface area contributed by atoms with E-state index in [0.29, 0.717) is 0 Å². The maximum Gasteiger partial charge on any atom is 0.242 e. The molecule has 0 fully saturated rings. The first-order valence-corrected chi connectivity index (χ1v) is 3.97. The molecule has 0 aromatic carbocycles. The monoisotopic (exact) mass is 149 g/mol. The molecule has 0 amide bonds. The van der Waals surface area contributed by atoms with E-state index in [0.717, 1.165) is 19.4 Å². The number of nitrogens with zero attached hydrogens (tertiary/aromatic N) is 1. The minimum absolute atomic E-state index is 0.104. The van der Waals surface area contributed by atoms with Crippen molar-refractivity contribution in [1.82, 2.24) is 4.48 Å². The Morgan fingerprint density at radius 2 is 2.36 bits per heavy atom. The van der Waals surface area contributed by atoms with Crippen LogP contribution in [0, 0.1) is 0 Å². The molecule has 2 nitrogen and oxygen atoms in total. The lowest BCUT2D eigenvalue weighted by atomic mass is 9.99. The Labute approximate surface area is 67.1 Å². The maximum atomic E-state index is 11.2. The van der Waals surface area contributed by atoms with Gasteiger partial charge in [-0.3, -0.25) is 4.79 Å². The molecule has 0 saturated heterocycles. The fourth-order valence-electron chi connectivity index (χ4n) is 1.03. The number of aromatic nitrogens is 1. The summed E-state index contributed by atoms with van der Waals surface area (Å²) in [5, 5.41) is 0. The predicted octanol–water partition coefficient (Wildman–Crippen LogP) is 0.658. The molecule has 0 radical (unpaired) electrons. The molecule has 1 aromatic heterocycles. The Morgan fingerprint density at radius 3 is 2.82 bits per heavy atom. The quantitative estimate of drug-likeness (QED) is 0.566. The molecule has 3 heteroatoms. The van der Waals surface area contributed by atoms with Gasteiger partial charge >= 0.3 is 0 Å². The van der Waals surface area contributed by atoms with Crippen LogP contribution in [0.2, 0.25) is 6.82 Å². The van der Waals surface area contributed by atoms with Gasteiger partial charge < -0.3 is 4.48 Å². The Balaban J connectivity index is 3.10. The summed E-state index contributed by atoms with van der Waals surface area (Å²) < 4.78 is 1.69. The lowest BCUT2D eigenvalue weighted by molar-refractivity contribution is 1.05. The molecule has 0 unspecified atom stereocenters. The van der Waals surface area contributed by atoms with Crippen LogP contribution in [-0.4, -0.2) is 11.9 Å². The van der Waals surface area contributed by atoms with Crippen molar-refractivity contribution in [3.8, 4) is 0 Å². The maximum absolute atomic E-state index is 11.2. The molecular formula is C8H12BNO. The summed E-state index contributed by atoms with van der Waals surface area (Å²) in [6.07, 6.45) is 2.78. The molecule has 11 heavy (non-hydrogen) atoms. The van der Waals surface area contributed by atoms with Crippen LogP contribution < -0.4 is 5.56 Å². The minimum Gasteiger partial charge on any atom is -0.364 e. The minimum atomic E-state index is 0.104. The first kappa shape index (κ1) is 8.11. The summed E-state index contributed by atoms with van der Waals surface area (Å²) >= 11 is 0. The highest BCUT2D eigenvalue weighted by Crippen LogP contribution is 1.93. The fourth-order valence-corrected chi connectivity index (χ4v) is 1.03. The number of aryl methyl sites for hydroxylation is 1. The zero-order valence-electron chi connectivity index (χ0n) is 7.00. The van der Waals surface area contributed by atoms with Crippen LogP contribution in [0.1, 0.15) is 12.5 Å². The summed E-state index contributed by atoms with van der Waals surface area (Å²) in [7, 11) is 0.753. The van der Waals surface area contributed by atoms with Crippen LogP contribution in [0.15, 0.2) is 23.1 Å². The SMILES string of the molecule is CBn1ccc(CC)cc1=O. The molecule has 0 N–H and O–H groups in total. The van der Waals surface area contributed by atoms with E-state index in [1.54, 1.807) is 10.5 Å². The van der Waals surface area contributed by atoms with Crippen molar-refractivity contribution in [1.29, 1.82) is 0 Å². The summed E-state index contributed by atoms with van der Waals surface area (Å²) in [5.41, 5.74) is 1.21. The van der Waals surface area contributed by atoms with E-state index in [1.165, 1.54) is 0 Å². The van der Waals surface area contributed by atoms with Crippen molar-refractivity contribution < 1.29 is 0 Å². The highest BCUT2D eigenvalue weighted by atomic mass is 16.1. The van der Waals surface area contributed by atoms with Gasteiger partial charge in [-0.25, -0.2) is 0 Å². The van der Waals surface area contributed by atoms with E-state index in [2.05, 4.69) is 0 Å². The summed E-state index contributed by atoms with van der Waals surface area (Å²) in [5.74, 6) is 0. The summed E-state index contributed by atoms with van der Waals surface area (Å²) in [4.78, 5) is 11.2. The first-order chi connectivity index (χ1) is 5.27. The second kappa shape index (κ2) is 3.42. The Bertz CT molecular complexity index is 292. The second-order valence-electron chi connectivity index (χ2n) is 2.51. The van der Waals surface area contributed by atoms with Gasteiger partial charge in [0.1, 0.15) is 0 Å². The van der Waals surface area contributed by atoms with Gasteiger partial charge in [0.25, 0.3) is 0 Å². The van der Waals surface area contributed by atoms with E-state index in [9.17, 15) is 4.79 Å². The van der Waals surface area contributed by atoms with Crippen molar-refractivity contribution in [2.45, 2.75) is 20.2 Å². The molecule has 0 atom stereocenters. The van der Waals surface area contributed by atoms with Crippen LogP contribution in [0.3, 0.4) is 0 Å². The summed E-state index contributed by atoms with van der Waals surface area (Å²) in [6.45, 7) is 4.01. The Morgan fingerprint density at radius 1 is 1.64 bits per heavy atom. The van der Waals surface area contributed by atoms with Gasteiger partial charge in [-0.15, -0.1) is 0 Å². The van der Waals surface area contributed by atoms with Crippen molar-refractivity contribution in [2.24, 2.45) is 0 Å². The molecule has 1 rings (SSSR count). The van der Waals surface area contributed by atoms with Crippen LogP contribution >= 0.6 is 0 Å². The smallest absolute Gasteiger partial charge is 0.242 e. The van der Waals surface area contributed by atoms with E-state index < -0.39 is 0 Å². The largest absolute Gasteiger partial charge is 0.364 e. The van der Waals surface area contributed by atoms with E-state index >= 15 is 0 Å². The van der Waals surface area contributed by atoms with Gasteiger partial charge in [-0.2, -0.15) is 0 Å². The fraction of sp³-hybridized carbons (Fsp3) is 0.375. The normalized spacial score (nSPS) is 9.64. The number of hydrogen-bond acceptors (Lipinski definition) is 1. The van der Waals surface area contributed by atoms with Gasteiger partial charge in [0, 0.05) is 6.07 Å². The molecule has 0 spiro atoms. The Hall–Kier alpha value is -0.985. The Kier molecular flexibility index (Phi) is 2.52. The predicted molar refractivity (Wildman–Crippen MR) is 48.5 cm³/mol. The number of rotatable bonds is 2. The van der Waals surface area contributed by atoms with Crippen molar-refractivity contribution in [3.05, 3.63) is 34.2 Å². The lowest BCUT2D eigenvalue weighted by Gasteiger charge is -2.00. The number of pyridine rings is 1. The zero-order chi connectivity index (χ0) is 8.27. The standard InChI is InChI=1S/C8H12BNO/c1-3-7-4-5-10(9-2)8(11)6-7/h4-6,9H,3H2,1-2H3. The molecule has 0 aliphatic heterocycles. The highest BCUT2D eigenvalue weighted by Gasteiger charge is 1.93. The second-order valence-corrected chi connectivity index (χ2v) is 2.51. The van der Waals surface area contributed by atoms with Gasteiger partial charge in [0.15, 0.2) is 0 Å². The highest BCUT2D eigenvalue weighted by molar-refractivity contribution is 6.31. The molecule has 1 aromatic rings. The first-order valence-electron chi connectivity index (χ1n) is 3.97. The van der Waals surface area contributed by atoms with Crippen LogP contribution in [0.25, 0.3) is 0 Å².